The van der Waals surface area contributed by atoms with Gasteiger partial charge in [-0.3, -0.25) is 14.7 Å². The number of sulfonamides is 1. The number of aryl methyl sites for hydroxylation is 1. The van der Waals surface area contributed by atoms with Crippen LogP contribution in [0.3, 0.4) is 0 Å². The molecule has 2 aromatic heterocycles. The summed E-state index contributed by atoms with van der Waals surface area (Å²) in [5.74, 6) is 0.0323. The fraction of sp³-hybridized carbons (Fsp3) is 0.469. The highest BCUT2D eigenvalue weighted by Crippen LogP contribution is 2.41. The molecule has 240 valence electrons. The molecule has 1 amide bonds. The van der Waals surface area contributed by atoms with Gasteiger partial charge in [-0.1, -0.05) is 0 Å². The van der Waals surface area contributed by atoms with E-state index in [0.29, 0.717) is 31.6 Å². The minimum Gasteiger partial charge on any atom is -0.379 e. The molecule has 11 nitrogen and oxygen atoms in total. The molecule has 0 saturated carbocycles. The Morgan fingerprint density at radius 1 is 1.13 bits per heavy atom. The number of benzene rings is 1. The van der Waals surface area contributed by atoms with Gasteiger partial charge < -0.3 is 19.9 Å². The predicted molar refractivity (Wildman–Crippen MR) is 180 cm³/mol. The smallest absolute Gasteiger partial charge is 0.251 e. The van der Waals surface area contributed by atoms with E-state index in [1.165, 1.54) is 0 Å². The second kappa shape index (κ2) is 13.3. The minimum atomic E-state index is -3.22. The van der Waals surface area contributed by atoms with E-state index in [9.17, 15) is 13.2 Å². The standard InChI is InChI=1S/C32H40BrN7O4S/c1-4-45(42,43)39-11-9-24(20-39)36-30-27(33)19-35-29-18-28(37-31(29)30)26-17-21(2)40(22(26)3)25-7-5-23(6-8-25)32(41)34-10-12-38-13-15-44-16-14-38/h5-8,17,19,24H,4,9-16,18,20H2,1-3H3,(H,34,41)(H,35,36). The maximum Gasteiger partial charge on any atom is 0.251 e. The van der Waals surface area contributed by atoms with E-state index >= 15 is 0 Å². The van der Waals surface area contributed by atoms with Crippen LogP contribution in [0.5, 0.6) is 0 Å². The van der Waals surface area contributed by atoms with E-state index in [-0.39, 0.29) is 17.7 Å². The van der Waals surface area contributed by atoms with Crippen molar-refractivity contribution in [2.24, 2.45) is 4.99 Å². The second-order valence-electron chi connectivity index (χ2n) is 11.8. The van der Waals surface area contributed by atoms with Crippen LogP contribution in [0.1, 0.15) is 46.3 Å². The molecule has 3 aliphatic heterocycles. The number of aromatic nitrogens is 2. The molecule has 2 fully saturated rings. The molecular weight excluding hydrogens is 658 g/mol. The van der Waals surface area contributed by atoms with Crippen molar-refractivity contribution in [3.05, 3.63) is 69.2 Å². The number of fused-ring (bicyclic) bond motifs is 1. The number of carbonyl (C=O) groups is 1. The number of aliphatic imine (C=N–C) groups is 1. The molecule has 2 saturated heterocycles. The molecule has 1 aromatic carbocycles. The Balaban J connectivity index is 1.16. The summed E-state index contributed by atoms with van der Waals surface area (Å²) in [7, 11) is -3.22. The highest BCUT2D eigenvalue weighted by atomic mass is 79.9. The highest BCUT2D eigenvalue weighted by molar-refractivity contribution is 9.10. The average Bonchev–Trinajstić information content (AvgIpc) is 3.77. The average molecular weight is 699 g/mol. The Morgan fingerprint density at radius 2 is 1.89 bits per heavy atom. The summed E-state index contributed by atoms with van der Waals surface area (Å²) in [4.78, 5) is 24.8. The minimum absolute atomic E-state index is 0.00624. The number of nitrogens with one attached hydrogen (secondary N) is 2. The number of amides is 1. The molecule has 1 unspecified atom stereocenters. The molecule has 0 aliphatic carbocycles. The molecule has 13 heteroatoms. The Kier molecular flexibility index (Phi) is 9.44. The summed E-state index contributed by atoms with van der Waals surface area (Å²) in [5.41, 5.74) is 8.27. The zero-order chi connectivity index (χ0) is 31.7. The number of halogens is 1. The normalized spacial score (nSPS) is 19.0. The van der Waals surface area contributed by atoms with Crippen LogP contribution in [-0.4, -0.2) is 103 Å². The van der Waals surface area contributed by atoms with E-state index in [4.69, 9.17) is 9.73 Å². The van der Waals surface area contributed by atoms with Gasteiger partial charge in [0.25, 0.3) is 5.91 Å². The van der Waals surface area contributed by atoms with Gasteiger partial charge in [0.2, 0.25) is 10.0 Å². The van der Waals surface area contributed by atoms with Crippen molar-refractivity contribution in [1.29, 1.82) is 0 Å². The topological polar surface area (TPSA) is 121 Å². The first-order chi connectivity index (χ1) is 21.6. The Bertz CT molecular complexity index is 1720. The van der Waals surface area contributed by atoms with Gasteiger partial charge in [0, 0.05) is 86.1 Å². The SMILES string of the molecule is CCS(=O)(=O)N1CCC(Nc2c(Br)cnc3c2N=C(c2cc(C)n(-c4ccc(C(=O)NCCN5CCOCC5)cc4)c2C)C3)C1. The van der Waals surface area contributed by atoms with Crippen LogP contribution in [-0.2, 0) is 21.2 Å². The van der Waals surface area contributed by atoms with Crippen LogP contribution in [0.15, 0.2) is 46.0 Å². The molecule has 6 rings (SSSR count). The third kappa shape index (κ3) is 6.73. The van der Waals surface area contributed by atoms with Crippen molar-refractivity contribution in [2.45, 2.75) is 39.7 Å². The summed E-state index contributed by atoms with van der Waals surface area (Å²) in [6.45, 7) is 11.5. The van der Waals surface area contributed by atoms with Gasteiger partial charge in [-0.25, -0.2) is 13.4 Å². The van der Waals surface area contributed by atoms with Crippen LogP contribution in [0.2, 0.25) is 0 Å². The lowest BCUT2D eigenvalue weighted by molar-refractivity contribution is 0.0383. The monoisotopic (exact) mass is 697 g/mol. The first-order valence-corrected chi connectivity index (χ1v) is 17.9. The van der Waals surface area contributed by atoms with Gasteiger partial charge in [0.05, 0.1) is 40.5 Å². The molecule has 3 aliphatic rings. The number of anilines is 1. The lowest BCUT2D eigenvalue weighted by Gasteiger charge is -2.26. The van der Waals surface area contributed by atoms with E-state index < -0.39 is 10.0 Å². The maximum absolute atomic E-state index is 12.8. The molecule has 2 N–H and O–H groups in total. The quantitative estimate of drug-likeness (QED) is 0.331. The Hall–Kier alpha value is -3.10. The van der Waals surface area contributed by atoms with Gasteiger partial charge >= 0.3 is 0 Å². The van der Waals surface area contributed by atoms with Crippen molar-refractivity contribution in [1.82, 2.24) is 24.1 Å². The fourth-order valence-corrected chi connectivity index (χ4v) is 7.91. The van der Waals surface area contributed by atoms with Crippen molar-refractivity contribution in [3.8, 4) is 5.69 Å². The highest BCUT2D eigenvalue weighted by Gasteiger charge is 2.32. The summed E-state index contributed by atoms with van der Waals surface area (Å²) in [6, 6.07) is 9.85. The van der Waals surface area contributed by atoms with Crippen LogP contribution in [0.4, 0.5) is 11.4 Å². The molecular formula is C32H40BrN7O4S. The summed E-state index contributed by atoms with van der Waals surface area (Å²) in [5, 5.41) is 6.60. The predicted octanol–water partition coefficient (Wildman–Crippen LogP) is 3.83. The van der Waals surface area contributed by atoms with Crippen LogP contribution in [0.25, 0.3) is 5.69 Å². The molecule has 45 heavy (non-hydrogen) atoms. The van der Waals surface area contributed by atoms with Gasteiger partial charge in [0.1, 0.15) is 5.69 Å². The van der Waals surface area contributed by atoms with E-state index in [1.807, 2.05) is 24.3 Å². The zero-order valence-corrected chi connectivity index (χ0v) is 28.4. The third-order valence-electron chi connectivity index (χ3n) is 8.87. The van der Waals surface area contributed by atoms with Gasteiger partial charge in [0.15, 0.2) is 0 Å². The number of nitrogens with zero attached hydrogens (tertiary/aromatic N) is 5. The van der Waals surface area contributed by atoms with Gasteiger partial charge in [-0.2, -0.15) is 4.31 Å². The Labute approximate surface area is 273 Å². The summed E-state index contributed by atoms with van der Waals surface area (Å²) < 4.78 is 34.7. The molecule has 3 aromatic rings. The van der Waals surface area contributed by atoms with Crippen LogP contribution in [0, 0.1) is 13.8 Å². The number of hydrogen-bond donors (Lipinski definition) is 2. The van der Waals surface area contributed by atoms with Gasteiger partial charge in [-0.05, 0) is 73.5 Å². The van der Waals surface area contributed by atoms with E-state index in [0.717, 1.165) is 89.2 Å². The number of ether oxygens (including phenoxy) is 1. The third-order valence-corrected chi connectivity index (χ3v) is 11.3. The van der Waals surface area contributed by atoms with Crippen LogP contribution >= 0.6 is 15.9 Å². The summed E-state index contributed by atoms with van der Waals surface area (Å²) in [6.07, 6.45) is 3.13. The number of hydrogen-bond acceptors (Lipinski definition) is 8. The number of pyridine rings is 1. The van der Waals surface area contributed by atoms with E-state index in [1.54, 1.807) is 17.4 Å². The first-order valence-electron chi connectivity index (χ1n) is 15.5. The molecule has 5 heterocycles. The lowest BCUT2D eigenvalue weighted by Crippen LogP contribution is -2.41. The van der Waals surface area contributed by atoms with Crippen molar-refractivity contribution in [3.63, 3.8) is 0 Å². The number of morpholine rings is 1. The maximum atomic E-state index is 12.8. The second-order valence-corrected chi connectivity index (χ2v) is 14.9. The van der Waals surface area contributed by atoms with Gasteiger partial charge in [-0.15, -0.1) is 0 Å². The first kappa shape index (κ1) is 31.9. The zero-order valence-electron chi connectivity index (χ0n) is 26.0. The number of rotatable bonds is 10. The number of carbonyl (C=O) groups excluding carboxylic acids is 1. The van der Waals surface area contributed by atoms with Crippen molar-refractivity contribution < 1.29 is 17.9 Å². The van der Waals surface area contributed by atoms with E-state index in [2.05, 4.69) is 60.9 Å². The van der Waals surface area contributed by atoms with Crippen molar-refractivity contribution >= 4 is 48.9 Å². The molecule has 1 atom stereocenters. The summed E-state index contributed by atoms with van der Waals surface area (Å²) >= 11 is 3.64. The van der Waals surface area contributed by atoms with Crippen LogP contribution < -0.4 is 10.6 Å². The Morgan fingerprint density at radius 3 is 2.62 bits per heavy atom. The lowest BCUT2D eigenvalue weighted by atomic mass is 10.1. The molecule has 0 radical (unpaired) electrons. The molecule has 0 bridgehead atoms. The fourth-order valence-electron chi connectivity index (χ4n) is 6.35. The molecule has 0 spiro atoms. The largest absolute Gasteiger partial charge is 0.379 e. The van der Waals surface area contributed by atoms with Crippen molar-refractivity contribution in [2.75, 3.05) is 63.6 Å².